The summed E-state index contributed by atoms with van der Waals surface area (Å²) in [6.45, 7) is 8.14. The van der Waals surface area contributed by atoms with Gasteiger partial charge in [0.15, 0.2) is 0 Å². The van der Waals surface area contributed by atoms with Gasteiger partial charge in [-0.25, -0.2) is 0 Å². The van der Waals surface area contributed by atoms with Gasteiger partial charge in [0.05, 0.1) is 12.7 Å². The van der Waals surface area contributed by atoms with Crippen LogP contribution in [-0.4, -0.2) is 11.7 Å². The monoisotopic (exact) mass is 220 g/mol. The number of aliphatic hydroxyl groups is 1. The van der Waals surface area contributed by atoms with Gasteiger partial charge in [0.1, 0.15) is 5.75 Å². The first-order valence-corrected chi connectivity index (χ1v) is 5.67. The number of hydrogen-bond acceptors (Lipinski definition) is 2. The van der Waals surface area contributed by atoms with E-state index in [-0.39, 0.29) is 0 Å². The average molecular weight is 220 g/mol. The van der Waals surface area contributed by atoms with Gasteiger partial charge in [0, 0.05) is 0 Å². The zero-order chi connectivity index (χ0) is 12.0. The molecular weight excluding hydrogens is 200 g/mol. The fourth-order valence-electron chi connectivity index (χ4n) is 1.50. The lowest BCUT2D eigenvalue weighted by Crippen LogP contribution is -1.99. The first-order chi connectivity index (χ1) is 7.65. The summed E-state index contributed by atoms with van der Waals surface area (Å²) in [7, 11) is 0. The third-order valence-electron chi connectivity index (χ3n) is 2.49. The Hall–Kier alpha value is -1.28. The van der Waals surface area contributed by atoms with Gasteiger partial charge >= 0.3 is 0 Å². The first kappa shape index (κ1) is 12.8. The number of unbranched alkanes of at least 4 members (excludes halogenated alkanes) is 1. The summed E-state index contributed by atoms with van der Waals surface area (Å²) < 4.78 is 5.64. The Kier molecular flexibility index (Phi) is 5.06. The highest BCUT2D eigenvalue weighted by molar-refractivity contribution is 5.36. The number of aliphatic hydroxyl groups excluding tert-OH is 1. The minimum absolute atomic E-state index is 0.423. The Bertz CT molecular complexity index is 343. The average Bonchev–Trinajstić information content (AvgIpc) is 2.26. The molecule has 0 fully saturated rings. The molecule has 0 radical (unpaired) electrons. The fourth-order valence-corrected chi connectivity index (χ4v) is 1.50. The molecule has 1 rings (SSSR count). The second-order valence-electron chi connectivity index (χ2n) is 3.98. The molecule has 0 amide bonds. The maximum absolute atomic E-state index is 9.43. The molecule has 2 heteroatoms. The number of hydrogen-bond donors (Lipinski definition) is 1. The van der Waals surface area contributed by atoms with E-state index < -0.39 is 6.10 Å². The third kappa shape index (κ3) is 3.70. The van der Waals surface area contributed by atoms with Crippen molar-refractivity contribution in [2.75, 3.05) is 6.61 Å². The third-order valence-corrected chi connectivity index (χ3v) is 2.49. The Morgan fingerprint density at radius 3 is 2.81 bits per heavy atom. The summed E-state index contributed by atoms with van der Waals surface area (Å²) in [5.41, 5.74) is 1.99. The van der Waals surface area contributed by atoms with Crippen LogP contribution in [0.2, 0.25) is 0 Å². The van der Waals surface area contributed by atoms with Gasteiger partial charge in [-0.2, -0.15) is 0 Å². The number of rotatable bonds is 6. The van der Waals surface area contributed by atoms with Crippen LogP contribution in [0.1, 0.15) is 37.0 Å². The van der Waals surface area contributed by atoms with E-state index in [2.05, 4.69) is 6.58 Å². The Balaban J connectivity index is 2.57. The first-order valence-electron chi connectivity index (χ1n) is 5.67. The van der Waals surface area contributed by atoms with E-state index in [4.69, 9.17) is 4.74 Å². The predicted molar refractivity (Wildman–Crippen MR) is 66.7 cm³/mol. The second kappa shape index (κ2) is 6.33. The van der Waals surface area contributed by atoms with Crippen LogP contribution in [0.5, 0.6) is 5.75 Å². The number of benzene rings is 1. The molecule has 0 aromatic heterocycles. The molecule has 1 N–H and O–H groups in total. The van der Waals surface area contributed by atoms with Crippen LogP contribution in [0.3, 0.4) is 0 Å². The van der Waals surface area contributed by atoms with Crippen LogP contribution in [-0.2, 0) is 0 Å². The van der Waals surface area contributed by atoms with Gasteiger partial charge in [-0.1, -0.05) is 12.1 Å². The molecule has 2 nitrogen and oxygen atoms in total. The molecule has 0 heterocycles. The normalized spacial score (nSPS) is 12.2. The van der Waals surface area contributed by atoms with Crippen LogP contribution in [0.4, 0.5) is 0 Å². The maximum Gasteiger partial charge on any atom is 0.122 e. The Morgan fingerprint density at radius 1 is 1.50 bits per heavy atom. The minimum atomic E-state index is -0.423. The quantitative estimate of drug-likeness (QED) is 0.588. The van der Waals surface area contributed by atoms with Gasteiger partial charge in [0.25, 0.3) is 0 Å². The van der Waals surface area contributed by atoms with Crippen molar-refractivity contribution in [2.45, 2.75) is 32.8 Å². The van der Waals surface area contributed by atoms with Crippen molar-refractivity contribution in [2.24, 2.45) is 0 Å². The predicted octanol–water partition coefficient (Wildman–Crippen LogP) is 3.39. The summed E-state index contributed by atoms with van der Waals surface area (Å²) in [6, 6.07) is 5.79. The van der Waals surface area contributed by atoms with Crippen molar-refractivity contribution in [3.05, 3.63) is 42.0 Å². The van der Waals surface area contributed by atoms with E-state index in [9.17, 15) is 5.11 Å². The van der Waals surface area contributed by atoms with Crippen LogP contribution in [0, 0.1) is 6.92 Å². The smallest absolute Gasteiger partial charge is 0.122 e. The molecule has 1 aromatic carbocycles. The van der Waals surface area contributed by atoms with E-state index in [1.54, 1.807) is 6.92 Å². The van der Waals surface area contributed by atoms with Crippen LogP contribution in [0.15, 0.2) is 30.9 Å². The fraction of sp³-hybridized carbons (Fsp3) is 0.429. The summed E-state index contributed by atoms with van der Waals surface area (Å²) in [5.74, 6) is 0.897. The lowest BCUT2D eigenvalue weighted by atomic mass is 10.1. The molecule has 0 aliphatic rings. The Morgan fingerprint density at radius 2 is 2.25 bits per heavy atom. The van der Waals surface area contributed by atoms with E-state index in [1.807, 2.05) is 31.2 Å². The number of allylic oxidation sites excluding steroid dienone is 1. The molecule has 88 valence electrons. The topological polar surface area (TPSA) is 29.5 Å². The zero-order valence-corrected chi connectivity index (χ0v) is 10.1. The highest BCUT2D eigenvalue weighted by Crippen LogP contribution is 2.22. The van der Waals surface area contributed by atoms with Crippen LogP contribution >= 0.6 is 0 Å². The molecule has 1 aromatic rings. The zero-order valence-electron chi connectivity index (χ0n) is 10.1. The molecule has 0 saturated heterocycles. The lowest BCUT2D eigenvalue weighted by Gasteiger charge is -2.11. The van der Waals surface area contributed by atoms with Gasteiger partial charge in [-0.3, -0.25) is 0 Å². The van der Waals surface area contributed by atoms with Crippen molar-refractivity contribution in [3.8, 4) is 5.75 Å². The molecule has 16 heavy (non-hydrogen) atoms. The molecule has 0 aliphatic carbocycles. The highest BCUT2D eigenvalue weighted by atomic mass is 16.5. The van der Waals surface area contributed by atoms with Crippen molar-refractivity contribution < 1.29 is 9.84 Å². The summed E-state index contributed by atoms with van der Waals surface area (Å²) in [6.07, 6.45) is 3.44. The Labute approximate surface area is 97.6 Å². The molecule has 0 bridgehead atoms. The summed E-state index contributed by atoms with van der Waals surface area (Å²) in [5, 5.41) is 9.43. The number of ether oxygens (including phenoxy) is 1. The summed E-state index contributed by atoms with van der Waals surface area (Å²) in [4.78, 5) is 0. The van der Waals surface area contributed by atoms with E-state index >= 15 is 0 Å². The van der Waals surface area contributed by atoms with Crippen molar-refractivity contribution in [1.29, 1.82) is 0 Å². The molecule has 0 aliphatic heterocycles. The molecule has 1 atom stereocenters. The standard InChI is InChI=1S/C14H20O2/c1-4-5-6-9-16-14-8-7-13(12(3)15)10-11(14)2/h4,7-8,10,12,15H,1,5-6,9H2,2-3H3/t12-/m1/s1. The number of aryl methyl sites for hydroxylation is 1. The van der Waals surface area contributed by atoms with Crippen LogP contribution in [0.25, 0.3) is 0 Å². The maximum atomic E-state index is 9.43. The van der Waals surface area contributed by atoms with E-state index in [0.29, 0.717) is 6.61 Å². The van der Waals surface area contributed by atoms with Gasteiger partial charge in [-0.05, 0) is 49.9 Å². The van der Waals surface area contributed by atoms with Gasteiger partial charge in [-0.15, -0.1) is 6.58 Å². The van der Waals surface area contributed by atoms with E-state index in [1.165, 1.54) is 0 Å². The molecule has 0 saturated carbocycles. The minimum Gasteiger partial charge on any atom is -0.493 e. The van der Waals surface area contributed by atoms with Gasteiger partial charge in [0.2, 0.25) is 0 Å². The van der Waals surface area contributed by atoms with Crippen molar-refractivity contribution in [3.63, 3.8) is 0 Å². The highest BCUT2D eigenvalue weighted by Gasteiger charge is 2.04. The SMILES string of the molecule is C=CCCCOc1ccc([C@@H](C)O)cc1C. The van der Waals surface area contributed by atoms with Gasteiger partial charge < -0.3 is 9.84 Å². The van der Waals surface area contributed by atoms with E-state index in [0.717, 1.165) is 29.7 Å². The lowest BCUT2D eigenvalue weighted by molar-refractivity contribution is 0.199. The molecular formula is C14H20O2. The molecule has 0 spiro atoms. The largest absolute Gasteiger partial charge is 0.493 e. The molecule has 0 unspecified atom stereocenters. The van der Waals surface area contributed by atoms with Crippen molar-refractivity contribution in [1.82, 2.24) is 0 Å². The second-order valence-corrected chi connectivity index (χ2v) is 3.98. The summed E-state index contributed by atoms with van der Waals surface area (Å²) >= 11 is 0. The van der Waals surface area contributed by atoms with Crippen molar-refractivity contribution >= 4 is 0 Å². The van der Waals surface area contributed by atoms with Crippen LogP contribution < -0.4 is 4.74 Å².